The van der Waals surface area contributed by atoms with Crippen molar-refractivity contribution in [1.29, 1.82) is 0 Å². The Labute approximate surface area is 118 Å². The molecule has 108 valence electrons. The Morgan fingerprint density at radius 1 is 1.05 bits per heavy atom. The molecule has 19 heavy (non-hydrogen) atoms. The zero-order valence-corrected chi connectivity index (χ0v) is 14.1. The van der Waals surface area contributed by atoms with Crippen LogP contribution < -0.4 is 4.74 Å². The molecule has 0 saturated heterocycles. The van der Waals surface area contributed by atoms with Gasteiger partial charge in [-0.2, -0.15) is 0 Å². The van der Waals surface area contributed by atoms with Gasteiger partial charge in [-0.1, -0.05) is 55.5 Å². The lowest BCUT2D eigenvalue weighted by Crippen LogP contribution is -2.26. The first-order valence-corrected chi connectivity index (χ1v) is 8.22. The number of hydrogen-bond donors (Lipinski definition) is 1. The summed E-state index contributed by atoms with van der Waals surface area (Å²) in [6, 6.07) is 5.50. The minimum absolute atomic E-state index is 0.237. The summed E-state index contributed by atoms with van der Waals surface area (Å²) < 4.78 is 5.40. The highest BCUT2D eigenvalue weighted by molar-refractivity contribution is 7.60. The molecule has 0 heterocycles. The van der Waals surface area contributed by atoms with Crippen LogP contribution in [0.5, 0.6) is 11.5 Å². The van der Waals surface area contributed by atoms with Gasteiger partial charge in [-0.05, 0) is 22.4 Å². The fraction of sp³-hybridized carbons (Fsp3) is 0.625. The zero-order chi connectivity index (χ0) is 14.8. The molecule has 0 atom stereocenters. The Hall–Kier alpha value is -0.750. The predicted molar refractivity (Wildman–Crippen MR) is 84.8 cm³/mol. The average molecular weight is 282 g/mol. The van der Waals surface area contributed by atoms with Crippen LogP contribution in [-0.4, -0.2) is 22.5 Å². The van der Waals surface area contributed by atoms with E-state index in [0.717, 1.165) is 17.5 Å². The molecule has 0 aliphatic heterocycles. The Morgan fingerprint density at radius 3 is 2.00 bits per heavy atom. The van der Waals surface area contributed by atoms with Crippen LogP contribution in [-0.2, 0) is 6.16 Å². The number of phenols is 1. The molecule has 3 heteroatoms. The molecule has 0 bridgehead atoms. The van der Waals surface area contributed by atoms with E-state index in [-0.39, 0.29) is 18.2 Å². The van der Waals surface area contributed by atoms with Gasteiger partial charge in [0.15, 0.2) is 0 Å². The maximum absolute atomic E-state index is 10.1. The van der Waals surface area contributed by atoms with Crippen molar-refractivity contribution in [2.45, 2.75) is 58.0 Å². The van der Waals surface area contributed by atoms with E-state index in [4.69, 9.17) is 4.74 Å². The Balaban J connectivity index is 3.18. The van der Waals surface area contributed by atoms with E-state index in [0.29, 0.717) is 5.75 Å². The molecular formula is C16H27O2P. The van der Waals surface area contributed by atoms with Gasteiger partial charge < -0.3 is 9.84 Å². The molecule has 0 aliphatic carbocycles. The van der Waals surface area contributed by atoms with Gasteiger partial charge in [0.2, 0.25) is 0 Å². The lowest BCUT2D eigenvalue weighted by Gasteiger charge is -2.42. The summed E-state index contributed by atoms with van der Waals surface area (Å²) in [6.07, 6.45) is 0.887. The third-order valence-electron chi connectivity index (χ3n) is 3.26. The van der Waals surface area contributed by atoms with Crippen LogP contribution >= 0.6 is 7.92 Å². The number of hydrogen-bond acceptors (Lipinski definition) is 2. The van der Waals surface area contributed by atoms with Gasteiger partial charge in [0, 0.05) is 11.7 Å². The van der Waals surface area contributed by atoms with E-state index in [1.54, 1.807) is 13.2 Å². The Kier molecular flexibility index (Phi) is 4.90. The van der Waals surface area contributed by atoms with Crippen molar-refractivity contribution in [3.05, 3.63) is 23.8 Å². The normalized spacial score (nSPS) is 12.8. The fourth-order valence-electron chi connectivity index (χ4n) is 2.54. The second kappa shape index (κ2) is 5.71. The van der Waals surface area contributed by atoms with Crippen molar-refractivity contribution < 1.29 is 9.84 Å². The quantitative estimate of drug-likeness (QED) is 0.792. The highest BCUT2D eigenvalue weighted by atomic mass is 31.1. The van der Waals surface area contributed by atoms with Gasteiger partial charge >= 0.3 is 0 Å². The van der Waals surface area contributed by atoms with Gasteiger partial charge in [0.1, 0.15) is 11.5 Å². The van der Waals surface area contributed by atoms with E-state index in [2.05, 4.69) is 41.5 Å². The summed E-state index contributed by atoms with van der Waals surface area (Å²) in [5, 5.41) is 10.6. The first kappa shape index (κ1) is 16.3. The van der Waals surface area contributed by atoms with Crippen molar-refractivity contribution in [2.75, 3.05) is 7.11 Å². The molecule has 0 aromatic heterocycles. The molecule has 0 amide bonds. The molecule has 0 saturated carbocycles. The van der Waals surface area contributed by atoms with Crippen molar-refractivity contribution in [2.24, 2.45) is 0 Å². The van der Waals surface area contributed by atoms with E-state index in [1.807, 2.05) is 12.1 Å². The highest BCUT2D eigenvalue weighted by Gasteiger charge is 2.35. The fourth-order valence-corrected chi connectivity index (χ4v) is 6.14. The molecule has 2 nitrogen and oxygen atoms in total. The zero-order valence-electron chi connectivity index (χ0n) is 13.2. The topological polar surface area (TPSA) is 29.5 Å². The maximum atomic E-state index is 10.1. The molecule has 0 aliphatic rings. The molecule has 0 spiro atoms. The second-order valence-corrected chi connectivity index (χ2v) is 10.7. The van der Waals surface area contributed by atoms with Gasteiger partial charge in [-0.3, -0.25) is 0 Å². The molecule has 1 aromatic rings. The van der Waals surface area contributed by atoms with Crippen LogP contribution in [0, 0.1) is 0 Å². The first-order valence-electron chi connectivity index (χ1n) is 6.70. The minimum atomic E-state index is -0.297. The van der Waals surface area contributed by atoms with Gasteiger partial charge in [-0.15, -0.1) is 0 Å². The molecule has 1 aromatic carbocycles. The predicted octanol–water partition coefficient (Wildman–Crippen LogP) is 4.98. The molecule has 0 fully saturated rings. The number of benzene rings is 1. The van der Waals surface area contributed by atoms with Gasteiger partial charge in [0.05, 0.1) is 7.11 Å². The third-order valence-corrected chi connectivity index (χ3v) is 7.14. The van der Waals surface area contributed by atoms with Gasteiger partial charge in [0.25, 0.3) is 0 Å². The Bertz CT molecular complexity index is 413. The van der Waals surface area contributed by atoms with Crippen molar-refractivity contribution in [3.8, 4) is 11.5 Å². The number of ether oxygens (including phenoxy) is 1. The van der Waals surface area contributed by atoms with Crippen LogP contribution in [0.4, 0.5) is 0 Å². The number of methoxy groups -OCH3 is 1. The van der Waals surface area contributed by atoms with Crippen molar-refractivity contribution in [1.82, 2.24) is 0 Å². The lowest BCUT2D eigenvalue weighted by molar-refractivity contribution is 0.402. The van der Waals surface area contributed by atoms with E-state index in [9.17, 15) is 5.11 Å². The lowest BCUT2D eigenvalue weighted by atomic mass is 10.2. The van der Waals surface area contributed by atoms with Crippen LogP contribution in [0.1, 0.15) is 47.1 Å². The van der Waals surface area contributed by atoms with E-state index >= 15 is 0 Å². The van der Waals surface area contributed by atoms with E-state index in [1.165, 1.54) is 0 Å². The summed E-state index contributed by atoms with van der Waals surface area (Å²) in [4.78, 5) is 0. The third kappa shape index (κ3) is 4.11. The summed E-state index contributed by atoms with van der Waals surface area (Å²) >= 11 is 0. The average Bonchev–Trinajstić information content (AvgIpc) is 2.23. The summed E-state index contributed by atoms with van der Waals surface area (Å²) in [7, 11) is 1.36. The first-order chi connectivity index (χ1) is 8.57. The molecule has 1 rings (SSSR count). The number of aromatic hydroxyl groups is 1. The standard InChI is InChI=1S/C16H27O2P/c1-15(2,3)19(16(4,5)6)11-12-13(17)9-8-10-14(12)18-7/h8-10,17H,11H2,1-7H3. The summed E-state index contributed by atoms with van der Waals surface area (Å²) in [5.41, 5.74) is 0.945. The summed E-state index contributed by atoms with van der Waals surface area (Å²) in [6.45, 7) is 13.7. The minimum Gasteiger partial charge on any atom is -0.508 e. The molecule has 0 radical (unpaired) electrons. The monoisotopic (exact) mass is 282 g/mol. The molecular weight excluding hydrogens is 255 g/mol. The molecule has 0 unspecified atom stereocenters. The number of phenolic OH excluding ortho intramolecular Hbond substituents is 1. The van der Waals surface area contributed by atoms with Crippen LogP contribution in [0.25, 0.3) is 0 Å². The van der Waals surface area contributed by atoms with Gasteiger partial charge in [-0.25, -0.2) is 0 Å². The molecule has 1 N–H and O–H groups in total. The van der Waals surface area contributed by atoms with Crippen LogP contribution in [0.15, 0.2) is 18.2 Å². The van der Waals surface area contributed by atoms with E-state index < -0.39 is 0 Å². The van der Waals surface area contributed by atoms with Crippen molar-refractivity contribution in [3.63, 3.8) is 0 Å². The summed E-state index contributed by atoms with van der Waals surface area (Å²) in [5.74, 6) is 1.14. The number of rotatable bonds is 3. The largest absolute Gasteiger partial charge is 0.508 e. The maximum Gasteiger partial charge on any atom is 0.126 e. The second-order valence-electron chi connectivity index (χ2n) is 6.89. The SMILES string of the molecule is COc1cccc(O)c1CP(C(C)(C)C)C(C)(C)C. The smallest absolute Gasteiger partial charge is 0.126 e. The van der Waals surface area contributed by atoms with Crippen LogP contribution in [0.2, 0.25) is 0 Å². The van der Waals surface area contributed by atoms with Crippen molar-refractivity contribution >= 4 is 7.92 Å². The Morgan fingerprint density at radius 2 is 1.58 bits per heavy atom. The van der Waals surface area contributed by atoms with Crippen LogP contribution in [0.3, 0.4) is 0 Å². The highest BCUT2D eigenvalue weighted by Crippen LogP contribution is 2.62.